The Kier molecular flexibility index (Phi) is 5.93. The van der Waals surface area contributed by atoms with Crippen LogP contribution in [0.15, 0.2) is 18.2 Å². The van der Waals surface area contributed by atoms with Crippen LogP contribution in [-0.2, 0) is 17.8 Å². The van der Waals surface area contributed by atoms with Gasteiger partial charge in [-0.25, -0.2) is 8.78 Å². The van der Waals surface area contributed by atoms with Crippen LogP contribution in [0.2, 0.25) is 0 Å². The second kappa shape index (κ2) is 7.76. The van der Waals surface area contributed by atoms with Gasteiger partial charge >= 0.3 is 0 Å². The van der Waals surface area contributed by atoms with E-state index < -0.39 is 11.6 Å². The molecular weight excluding hydrogens is 324 g/mol. The van der Waals surface area contributed by atoms with Crippen LogP contribution >= 0.6 is 0 Å². The number of nitrogens with zero attached hydrogens (tertiary/aromatic N) is 3. The molecule has 0 spiro atoms. The SMILES string of the molecule is CCN(C(=O)Cc1c(C)nn(CC(C)C)c1C)c1ccc(F)c(F)c1. The number of likely N-dealkylation sites (N-methyl/N-ethyl adjacent to an activating group) is 1. The molecule has 0 aliphatic heterocycles. The van der Waals surface area contributed by atoms with E-state index in [-0.39, 0.29) is 12.3 Å². The van der Waals surface area contributed by atoms with Crippen LogP contribution in [0.4, 0.5) is 14.5 Å². The summed E-state index contributed by atoms with van der Waals surface area (Å²) < 4.78 is 28.6. The Morgan fingerprint density at radius 2 is 1.92 bits per heavy atom. The largest absolute Gasteiger partial charge is 0.312 e. The Labute approximate surface area is 147 Å². The molecular formula is C19H25F2N3O. The third kappa shape index (κ3) is 4.24. The second-order valence-corrected chi connectivity index (χ2v) is 6.64. The number of hydrogen-bond acceptors (Lipinski definition) is 2. The Morgan fingerprint density at radius 3 is 2.48 bits per heavy atom. The van der Waals surface area contributed by atoms with E-state index in [0.29, 0.717) is 18.2 Å². The number of rotatable bonds is 6. The van der Waals surface area contributed by atoms with Crippen molar-refractivity contribution in [3.8, 4) is 0 Å². The number of halogens is 2. The van der Waals surface area contributed by atoms with Gasteiger partial charge in [-0.3, -0.25) is 9.48 Å². The minimum Gasteiger partial charge on any atom is -0.312 e. The zero-order valence-corrected chi connectivity index (χ0v) is 15.4. The molecule has 6 heteroatoms. The Morgan fingerprint density at radius 1 is 1.24 bits per heavy atom. The minimum atomic E-state index is -0.958. The highest BCUT2D eigenvalue weighted by Gasteiger charge is 2.20. The highest BCUT2D eigenvalue weighted by atomic mass is 19.2. The lowest BCUT2D eigenvalue weighted by atomic mass is 10.1. The summed E-state index contributed by atoms with van der Waals surface area (Å²) in [5.74, 6) is -1.59. The molecule has 0 aliphatic carbocycles. The highest BCUT2D eigenvalue weighted by Crippen LogP contribution is 2.21. The second-order valence-electron chi connectivity index (χ2n) is 6.64. The van der Waals surface area contributed by atoms with E-state index in [2.05, 4.69) is 18.9 Å². The summed E-state index contributed by atoms with van der Waals surface area (Å²) in [5.41, 5.74) is 3.05. The van der Waals surface area contributed by atoms with Gasteiger partial charge in [-0.15, -0.1) is 0 Å². The predicted octanol–water partition coefficient (Wildman–Crippen LogP) is 4.03. The van der Waals surface area contributed by atoms with E-state index in [4.69, 9.17) is 0 Å². The van der Waals surface area contributed by atoms with Gasteiger partial charge < -0.3 is 4.90 Å². The fraction of sp³-hybridized carbons (Fsp3) is 0.474. The molecule has 1 aromatic carbocycles. The molecule has 4 nitrogen and oxygen atoms in total. The van der Waals surface area contributed by atoms with Gasteiger partial charge in [0.15, 0.2) is 11.6 Å². The molecule has 1 heterocycles. The first-order valence-electron chi connectivity index (χ1n) is 8.52. The zero-order valence-electron chi connectivity index (χ0n) is 15.4. The Balaban J connectivity index is 2.25. The minimum absolute atomic E-state index is 0.163. The normalized spacial score (nSPS) is 11.2. The van der Waals surface area contributed by atoms with Gasteiger partial charge in [-0.05, 0) is 38.8 Å². The van der Waals surface area contributed by atoms with Crippen molar-refractivity contribution >= 4 is 11.6 Å². The average molecular weight is 349 g/mol. The maximum absolute atomic E-state index is 13.5. The fourth-order valence-corrected chi connectivity index (χ4v) is 2.92. The number of aryl methyl sites for hydroxylation is 1. The van der Waals surface area contributed by atoms with Gasteiger partial charge in [-0.1, -0.05) is 13.8 Å². The van der Waals surface area contributed by atoms with Crippen LogP contribution in [0.3, 0.4) is 0 Å². The Hall–Kier alpha value is -2.24. The third-order valence-electron chi connectivity index (χ3n) is 4.23. The molecule has 0 saturated heterocycles. The maximum atomic E-state index is 13.5. The summed E-state index contributed by atoms with van der Waals surface area (Å²) in [6.45, 7) is 11.1. The summed E-state index contributed by atoms with van der Waals surface area (Å²) in [6.07, 6.45) is 0.183. The number of carbonyl (C=O) groups excluding carboxylic acids is 1. The summed E-state index contributed by atoms with van der Waals surface area (Å²) in [7, 11) is 0. The molecule has 2 aromatic rings. The first kappa shape index (κ1) is 19.1. The molecule has 2 rings (SSSR count). The number of hydrogen-bond donors (Lipinski definition) is 0. The smallest absolute Gasteiger partial charge is 0.231 e. The van der Waals surface area contributed by atoms with Gasteiger partial charge in [0, 0.05) is 36.1 Å². The van der Waals surface area contributed by atoms with E-state index in [9.17, 15) is 13.6 Å². The fourth-order valence-electron chi connectivity index (χ4n) is 2.92. The van der Waals surface area contributed by atoms with Gasteiger partial charge in [0.05, 0.1) is 12.1 Å². The van der Waals surface area contributed by atoms with Crippen molar-refractivity contribution in [3.05, 3.63) is 46.8 Å². The van der Waals surface area contributed by atoms with Crippen molar-refractivity contribution in [2.75, 3.05) is 11.4 Å². The van der Waals surface area contributed by atoms with Gasteiger partial charge in [0.25, 0.3) is 0 Å². The molecule has 0 atom stereocenters. The topological polar surface area (TPSA) is 38.1 Å². The maximum Gasteiger partial charge on any atom is 0.231 e. The lowest BCUT2D eigenvalue weighted by Gasteiger charge is -2.21. The monoisotopic (exact) mass is 349 g/mol. The molecule has 0 unspecified atom stereocenters. The van der Waals surface area contributed by atoms with Gasteiger partial charge in [0.1, 0.15) is 0 Å². The average Bonchev–Trinajstić information content (AvgIpc) is 2.78. The molecule has 0 fully saturated rings. The van der Waals surface area contributed by atoms with Crippen molar-refractivity contribution in [2.24, 2.45) is 5.92 Å². The first-order chi connectivity index (χ1) is 11.7. The molecule has 0 saturated carbocycles. The standard InChI is InChI=1S/C19H25F2N3O/c1-6-23(15-7-8-17(20)18(21)9-15)19(25)10-16-13(4)22-24(14(16)5)11-12(2)3/h7-9,12H,6,10-11H2,1-5H3. The van der Waals surface area contributed by atoms with E-state index in [1.54, 1.807) is 6.92 Å². The first-order valence-corrected chi connectivity index (χ1v) is 8.52. The molecule has 136 valence electrons. The van der Waals surface area contributed by atoms with Crippen molar-refractivity contribution < 1.29 is 13.6 Å². The summed E-state index contributed by atoms with van der Waals surface area (Å²) in [5, 5.41) is 4.52. The molecule has 25 heavy (non-hydrogen) atoms. The number of anilines is 1. The van der Waals surface area contributed by atoms with E-state index in [0.717, 1.165) is 35.6 Å². The summed E-state index contributed by atoms with van der Waals surface area (Å²) in [6, 6.07) is 3.51. The van der Waals surface area contributed by atoms with Crippen molar-refractivity contribution in [1.82, 2.24) is 9.78 Å². The lowest BCUT2D eigenvalue weighted by Crippen LogP contribution is -2.32. The van der Waals surface area contributed by atoms with Gasteiger partial charge in [0.2, 0.25) is 5.91 Å². The van der Waals surface area contributed by atoms with Crippen molar-refractivity contribution in [3.63, 3.8) is 0 Å². The molecule has 1 amide bonds. The summed E-state index contributed by atoms with van der Waals surface area (Å²) >= 11 is 0. The molecule has 0 aliphatic rings. The highest BCUT2D eigenvalue weighted by molar-refractivity contribution is 5.94. The number of benzene rings is 1. The van der Waals surface area contributed by atoms with E-state index >= 15 is 0 Å². The third-order valence-corrected chi connectivity index (χ3v) is 4.23. The molecule has 1 aromatic heterocycles. The number of aromatic nitrogens is 2. The van der Waals surface area contributed by atoms with E-state index in [1.807, 2.05) is 18.5 Å². The quantitative estimate of drug-likeness (QED) is 0.790. The van der Waals surface area contributed by atoms with Gasteiger partial charge in [-0.2, -0.15) is 5.10 Å². The van der Waals surface area contributed by atoms with Crippen LogP contribution in [0.25, 0.3) is 0 Å². The van der Waals surface area contributed by atoms with Crippen LogP contribution in [0.5, 0.6) is 0 Å². The van der Waals surface area contributed by atoms with Crippen LogP contribution in [0.1, 0.15) is 37.7 Å². The number of amides is 1. The number of carbonyl (C=O) groups is 1. The zero-order chi connectivity index (χ0) is 18.7. The van der Waals surface area contributed by atoms with Crippen LogP contribution in [-0.4, -0.2) is 22.2 Å². The molecule has 0 bridgehead atoms. The molecule has 0 N–H and O–H groups in total. The van der Waals surface area contributed by atoms with Crippen LogP contribution in [0, 0.1) is 31.4 Å². The van der Waals surface area contributed by atoms with Crippen LogP contribution < -0.4 is 4.90 Å². The predicted molar refractivity (Wildman–Crippen MR) is 94.6 cm³/mol. The summed E-state index contributed by atoms with van der Waals surface area (Å²) in [4.78, 5) is 14.2. The van der Waals surface area contributed by atoms with E-state index in [1.165, 1.54) is 11.0 Å². The van der Waals surface area contributed by atoms with Crippen molar-refractivity contribution in [1.29, 1.82) is 0 Å². The Bertz CT molecular complexity index is 768. The lowest BCUT2D eigenvalue weighted by molar-refractivity contribution is -0.118. The molecule has 0 radical (unpaired) electrons. The van der Waals surface area contributed by atoms with Crippen molar-refractivity contribution in [2.45, 2.75) is 47.6 Å².